The van der Waals surface area contributed by atoms with Crippen LogP contribution in [0.3, 0.4) is 0 Å². The minimum Gasteiger partial charge on any atom is -0.352 e. The van der Waals surface area contributed by atoms with E-state index in [4.69, 9.17) is 0 Å². The quantitative estimate of drug-likeness (QED) is 0.752. The summed E-state index contributed by atoms with van der Waals surface area (Å²) < 4.78 is 1.09. The predicted octanol–water partition coefficient (Wildman–Crippen LogP) is 2.36. The Bertz CT molecular complexity index is 941. The number of benzene rings is 1. The number of pyridine rings is 1. The van der Waals surface area contributed by atoms with Crippen LogP contribution in [-0.4, -0.2) is 33.2 Å². The zero-order chi connectivity index (χ0) is 17.9. The average Bonchev–Trinajstić information content (AvgIpc) is 3.28. The van der Waals surface area contributed by atoms with Crippen LogP contribution in [0.5, 0.6) is 0 Å². The highest BCUT2D eigenvalue weighted by Gasteiger charge is 2.34. The number of hydrogen-bond donors (Lipinski definition) is 1. The first-order chi connectivity index (χ1) is 12.7. The molecular formula is C19H18N4O2S. The van der Waals surface area contributed by atoms with Crippen molar-refractivity contribution in [1.82, 2.24) is 20.2 Å². The molecule has 1 N–H and O–H groups in total. The summed E-state index contributed by atoms with van der Waals surface area (Å²) in [6.45, 7) is 1.40. The van der Waals surface area contributed by atoms with Gasteiger partial charge in [-0.15, -0.1) is 11.3 Å². The highest BCUT2D eigenvalue weighted by molar-refractivity contribution is 7.16. The number of thiazole rings is 1. The Morgan fingerprint density at radius 3 is 3.08 bits per heavy atom. The van der Waals surface area contributed by atoms with Gasteiger partial charge in [0, 0.05) is 38.4 Å². The van der Waals surface area contributed by atoms with Crippen molar-refractivity contribution >= 4 is 33.4 Å². The summed E-state index contributed by atoms with van der Waals surface area (Å²) in [6, 6.07) is 9.68. The van der Waals surface area contributed by atoms with Crippen LogP contribution < -0.4 is 5.32 Å². The van der Waals surface area contributed by atoms with Crippen molar-refractivity contribution in [3.8, 4) is 0 Å². The van der Waals surface area contributed by atoms with Crippen molar-refractivity contribution < 1.29 is 9.59 Å². The zero-order valence-electron chi connectivity index (χ0n) is 14.1. The molecule has 26 heavy (non-hydrogen) atoms. The van der Waals surface area contributed by atoms with Crippen LogP contribution in [0.25, 0.3) is 10.2 Å². The smallest absolute Gasteiger partial charge is 0.225 e. The first kappa shape index (κ1) is 16.7. The molecule has 3 heterocycles. The summed E-state index contributed by atoms with van der Waals surface area (Å²) >= 11 is 1.57. The molecule has 132 valence electrons. The van der Waals surface area contributed by atoms with Gasteiger partial charge in [0.15, 0.2) is 0 Å². The molecule has 0 bridgehead atoms. The van der Waals surface area contributed by atoms with Crippen LogP contribution in [0.1, 0.15) is 17.5 Å². The molecule has 1 aliphatic heterocycles. The van der Waals surface area contributed by atoms with Crippen LogP contribution in [0.4, 0.5) is 0 Å². The number of carbonyl (C=O) groups is 2. The van der Waals surface area contributed by atoms with Gasteiger partial charge in [-0.3, -0.25) is 14.6 Å². The van der Waals surface area contributed by atoms with E-state index < -0.39 is 0 Å². The third-order valence-electron chi connectivity index (χ3n) is 4.57. The Hall–Kier alpha value is -2.80. The second-order valence-electron chi connectivity index (χ2n) is 6.37. The van der Waals surface area contributed by atoms with E-state index >= 15 is 0 Å². The molecule has 1 fully saturated rings. The van der Waals surface area contributed by atoms with E-state index in [0.29, 0.717) is 19.6 Å². The Kier molecular flexibility index (Phi) is 4.62. The first-order valence-corrected chi connectivity index (χ1v) is 9.34. The second-order valence-corrected chi connectivity index (χ2v) is 7.23. The van der Waals surface area contributed by atoms with Crippen molar-refractivity contribution in [3.63, 3.8) is 0 Å². The number of likely N-dealkylation sites (tertiary alicyclic amines) is 1. The van der Waals surface area contributed by atoms with E-state index in [1.807, 2.05) is 35.8 Å². The molecule has 0 radical (unpaired) electrons. The van der Waals surface area contributed by atoms with Crippen LogP contribution in [0.15, 0.2) is 48.2 Å². The number of nitrogens with zero attached hydrogens (tertiary/aromatic N) is 3. The first-order valence-electron chi connectivity index (χ1n) is 8.46. The molecule has 3 aromatic rings. The van der Waals surface area contributed by atoms with Crippen molar-refractivity contribution in [1.29, 1.82) is 0 Å². The van der Waals surface area contributed by atoms with E-state index in [9.17, 15) is 9.59 Å². The number of fused-ring (bicyclic) bond motifs is 1. The van der Waals surface area contributed by atoms with Gasteiger partial charge in [0.05, 0.1) is 21.6 Å². The third kappa shape index (κ3) is 3.43. The van der Waals surface area contributed by atoms with Crippen LogP contribution in [0, 0.1) is 5.92 Å². The molecule has 1 aromatic carbocycles. The normalized spacial score (nSPS) is 17.0. The molecule has 1 unspecified atom stereocenters. The molecular weight excluding hydrogens is 348 g/mol. The van der Waals surface area contributed by atoms with Gasteiger partial charge in [0.1, 0.15) is 0 Å². The van der Waals surface area contributed by atoms with E-state index in [2.05, 4.69) is 15.3 Å². The van der Waals surface area contributed by atoms with Crippen LogP contribution >= 0.6 is 11.3 Å². The monoisotopic (exact) mass is 366 g/mol. The number of nitrogens with one attached hydrogen (secondary N) is 1. The second kappa shape index (κ2) is 7.21. The van der Waals surface area contributed by atoms with E-state index in [0.717, 1.165) is 21.3 Å². The summed E-state index contributed by atoms with van der Waals surface area (Å²) in [6.07, 6.45) is 3.71. The van der Waals surface area contributed by atoms with E-state index in [1.54, 1.807) is 28.6 Å². The maximum atomic E-state index is 12.5. The number of amides is 2. The maximum absolute atomic E-state index is 12.5. The van der Waals surface area contributed by atoms with Crippen LogP contribution in [-0.2, 0) is 22.7 Å². The summed E-state index contributed by atoms with van der Waals surface area (Å²) in [5, 5.41) is 2.98. The lowest BCUT2D eigenvalue weighted by Gasteiger charge is -2.16. The number of carbonyl (C=O) groups excluding carboxylic acids is 2. The third-order valence-corrected chi connectivity index (χ3v) is 5.49. The Balaban J connectivity index is 1.37. The fourth-order valence-electron chi connectivity index (χ4n) is 3.22. The van der Waals surface area contributed by atoms with Gasteiger partial charge in [0.2, 0.25) is 11.8 Å². The molecule has 0 spiro atoms. The van der Waals surface area contributed by atoms with Gasteiger partial charge in [-0.1, -0.05) is 18.2 Å². The number of rotatable bonds is 5. The van der Waals surface area contributed by atoms with Gasteiger partial charge < -0.3 is 10.2 Å². The minimum atomic E-state index is -0.306. The molecule has 7 heteroatoms. The number of hydrogen-bond acceptors (Lipinski definition) is 5. The maximum Gasteiger partial charge on any atom is 0.225 e. The van der Waals surface area contributed by atoms with E-state index in [-0.39, 0.29) is 24.2 Å². The molecule has 0 aliphatic carbocycles. The molecule has 2 aromatic heterocycles. The summed E-state index contributed by atoms with van der Waals surface area (Å²) in [5.41, 5.74) is 4.77. The number of aromatic nitrogens is 2. The van der Waals surface area contributed by atoms with E-state index in [1.165, 1.54) is 0 Å². The Morgan fingerprint density at radius 2 is 2.23 bits per heavy atom. The van der Waals surface area contributed by atoms with Gasteiger partial charge >= 0.3 is 0 Å². The van der Waals surface area contributed by atoms with Crippen molar-refractivity contribution in [2.75, 3.05) is 6.54 Å². The average molecular weight is 366 g/mol. The Labute approximate surface area is 154 Å². The lowest BCUT2D eigenvalue weighted by molar-refractivity contribution is -0.129. The highest BCUT2D eigenvalue weighted by atomic mass is 32.1. The minimum absolute atomic E-state index is 0.0126. The van der Waals surface area contributed by atoms with Crippen molar-refractivity contribution in [3.05, 3.63) is 59.4 Å². The largest absolute Gasteiger partial charge is 0.352 e. The summed E-state index contributed by atoms with van der Waals surface area (Å²) in [4.78, 5) is 34.8. The molecule has 0 saturated carbocycles. The highest BCUT2D eigenvalue weighted by Crippen LogP contribution is 2.23. The fourth-order valence-corrected chi connectivity index (χ4v) is 4.03. The standard InChI is InChI=1S/C19H18N4O2S/c24-17-7-15(11-23(17)10-13-3-2-6-20-8-13)19(25)21-9-14-4-1-5-16-18(14)26-12-22-16/h1-6,8,12,15H,7,9-11H2,(H,21,25). The lowest BCUT2D eigenvalue weighted by Crippen LogP contribution is -2.32. The van der Waals surface area contributed by atoms with Gasteiger partial charge in [-0.2, -0.15) is 0 Å². The molecule has 4 rings (SSSR count). The molecule has 1 aliphatic rings. The molecule has 1 atom stereocenters. The predicted molar refractivity (Wildman–Crippen MR) is 99.2 cm³/mol. The van der Waals surface area contributed by atoms with Gasteiger partial charge in [0.25, 0.3) is 0 Å². The van der Waals surface area contributed by atoms with Gasteiger partial charge in [-0.05, 0) is 23.3 Å². The Morgan fingerprint density at radius 1 is 1.31 bits per heavy atom. The van der Waals surface area contributed by atoms with Crippen molar-refractivity contribution in [2.24, 2.45) is 5.92 Å². The summed E-state index contributed by atoms with van der Waals surface area (Å²) in [5.74, 6) is -0.369. The van der Waals surface area contributed by atoms with Gasteiger partial charge in [-0.25, -0.2) is 4.98 Å². The summed E-state index contributed by atoms with van der Waals surface area (Å²) in [7, 11) is 0. The van der Waals surface area contributed by atoms with Crippen molar-refractivity contribution in [2.45, 2.75) is 19.5 Å². The molecule has 2 amide bonds. The zero-order valence-corrected chi connectivity index (χ0v) is 14.9. The molecule has 1 saturated heterocycles. The lowest BCUT2D eigenvalue weighted by atomic mass is 10.1. The topological polar surface area (TPSA) is 75.2 Å². The molecule has 6 nitrogen and oxygen atoms in total. The fraction of sp³-hybridized carbons (Fsp3) is 0.263. The SMILES string of the molecule is O=C(NCc1cccc2ncsc12)C1CC(=O)N(Cc2cccnc2)C1. The van der Waals surface area contributed by atoms with Crippen LogP contribution in [0.2, 0.25) is 0 Å².